The molecule has 3 aromatic rings. The Kier molecular flexibility index (Phi) is 5.29. The molecule has 1 aliphatic rings. The first-order valence-corrected chi connectivity index (χ1v) is 9.44. The predicted molar refractivity (Wildman–Crippen MR) is 110 cm³/mol. The van der Waals surface area contributed by atoms with Crippen LogP contribution in [0.3, 0.4) is 0 Å². The van der Waals surface area contributed by atoms with Crippen LogP contribution >= 0.6 is 0 Å². The van der Waals surface area contributed by atoms with Crippen molar-refractivity contribution in [3.05, 3.63) is 71.7 Å². The van der Waals surface area contributed by atoms with Gasteiger partial charge >= 0.3 is 0 Å². The van der Waals surface area contributed by atoms with Crippen molar-refractivity contribution in [1.82, 2.24) is 15.3 Å². The minimum Gasteiger partial charge on any atom is -0.454 e. The third kappa shape index (κ3) is 4.45. The average molecular weight is 390 g/mol. The van der Waals surface area contributed by atoms with Gasteiger partial charge in [-0.25, -0.2) is 9.97 Å². The fraction of sp³-hybridized carbons (Fsp3) is 0.227. The summed E-state index contributed by atoms with van der Waals surface area (Å²) in [7, 11) is 0. The van der Waals surface area contributed by atoms with Crippen molar-refractivity contribution < 1.29 is 14.3 Å². The summed E-state index contributed by atoms with van der Waals surface area (Å²) in [6.45, 7) is 4.90. The molecule has 0 aliphatic carbocycles. The maximum Gasteiger partial charge on any atom is 0.271 e. The lowest BCUT2D eigenvalue weighted by atomic mass is 10.0. The van der Waals surface area contributed by atoms with E-state index in [4.69, 9.17) is 9.47 Å². The molecular formula is C22H22N4O3. The maximum absolute atomic E-state index is 12.3. The maximum atomic E-state index is 12.3. The largest absolute Gasteiger partial charge is 0.454 e. The first kappa shape index (κ1) is 18.7. The fourth-order valence-corrected chi connectivity index (χ4v) is 2.93. The van der Waals surface area contributed by atoms with Crippen LogP contribution in [0.1, 0.15) is 41.4 Å². The molecule has 0 bridgehead atoms. The molecule has 0 spiro atoms. The highest BCUT2D eigenvalue weighted by Crippen LogP contribution is 2.32. The van der Waals surface area contributed by atoms with Gasteiger partial charge in [0.05, 0.1) is 12.4 Å². The SMILES string of the molecule is CC(C)c1ccc(Nc2cnc(C(=O)NCc3ccc4c(c3)OCO4)cn2)cc1. The van der Waals surface area contributed by atoms with E-state index in [9.17, 15) is 4.79 Å². The Bertz CT molecular complexity index is 1000. The molecule has 7 heteroatoms. The molecule has 29 heavy (non-hydrogen) atoms. The van der Waals surface area contributed by atoms with Crippen molar-refractivity contribution in [2.75, 3.05) is 12.1 Å². The van der Waals surface area contributed by atoms with Gasteiger partial charge in [0, 0.05) is 12.2 Å². The number of carbonyl (C=O) groups excluding carboxylic acids is 1. The Morgan fingerprint density at radius 3 is 2.55 bits per heavy atom. The van der Waals surface area contributed by atoms with Crippen LogP contribution in [0, 0.1) is 0 Å². The zero-order valence-corrected chi connectivity index (χ0v) is 16.3. The molecule has 2 aromatic carbocycles. The minimum absolute atomic E-state index is 0.225. The summed E-state index contributed by atoms with van der Waals surface area (Å²) in [5.74, 6) is 2.18. The summed E-state index contributed by atoms with van der Waals surface area (Å²) in [5, 5.41) is 6.02. The Balaban J connectivity index is 1.34. The molecule has 0 radical (unpaired) electrons. The third-order valence-corrected chi connectivity index (χ3v) is 4.62. The monoisotopic (exact) mass is 390 g/mol. The molecule has 2 N–H and O–H groups in total. The van der Waals surface area contributed by atoms with Crippen molar-refractivity contribution in [2.24, 2.45) is 0 Å². The topological polar surface area (TPSA) is 85.4 Å². The standard InChI is InChI=1S/C22H22N4O3/c1-14(2)16-4-6-17(7-5-16)26-21-12-23-18(11-24-21)22(27)25-10-15-3-8-19-20(9-15)29-13-28-19/h3-9,11-12,14H,10,13H2,1-2H3,(H,24,26)(H,25,27). The number of ether oxygens (including phenoxy) is 2. The van der Waals surface area contributed by atoms with E-state index in [0.29, 0.717) is 29.8 Å². The van der Waals surface area contributed by atoms with Gasteiger partial charge in [-0.15, -0.1) is 0 Å². The Labute approximate surface area is 169 Å². The average Bonchev–Trinajstić information content (AvgIpc) is 3.21. The van der Waals surface area contributed by atoms with Gasteiger partial charge in [-0.2, -0.15) is 0 Å². The summed E-state index contributed by atoms with van der Waals surface area (Å²) in [6, 6.07) is 13.7. The molecule has 1 aliphatic heterocycles. The van der Waals surface area contributed by atoms with Gasteiger partial charge in [0.25, 0.3) is 5.91 Å². The number of benzene rings is 2. The van der Waals surface area contributed by atoms with Crippen LogP contribution in [0.15, 0.2) is 54.9 Å². The van der Waals surface area contributed by atoms with E-state index in [2.05, 4.69) is 46.6 Å². The van der Waals surface area contributed by atoms with Crippen molar-refractivity contribution in [3.63, 3.8) is 0 Å². The molecule has 7 nitrogen and oxygen atoms in total. The first-order chi connectivity index (χ1) is 14.1. The summed E-state index contributed by atoms with van der Waals surface area (Å²) < 4.78 is 10.6. The van der Waals surface area contributed by atoms with Crippen LogP contribution in [0.5, 0.6) is 11.5 Å². The van der Waals surface area contributed by atoms with Crippen LogP contribution in [0.4, 0.5) is 11.5 Å². The van der Waals surface area contributed by atoms with E-state index in [1.807, 2.05) is 30.3 Å². The molecule has 0 unspecified atom stereocenters. The number of carbonyl (C=O) groups is 1. The van der Waals surface area contributed by atoms with Crippen molar-refractivity contribution in [1.29, 1.82) is 0 Å². The van der Waals surface area contributed by atoms with Crippen LogP contribution in [-0.4, -0.2) is 22.7 Å². The zero-order valence-electron chi connectivity index (χ0n) is 16.3. The second kappa shape index (κ2) is 8.18. The van der Waals surface area contributed by atoms with Crippen molar-refractivity contribution in [2.45, 2.75) is 26.3 Å². The first-order valence-electron chi connectivity index (χ1n) is 9.44. The Morgan fingerprint density at radius 1 is 1.03 bits per heavy atom. The van der Waals surface area contributed by atoms with E-state index in [0.717, 1.165) is 11.3 Å². The lowest BCUT2D eigenvalue weighted by Crippen LogP contribution is -2.24. The highest BCUT2D eigenvalue weighted by Gasteiger charge is 2.14. The van der Waals surface area contributed by atoms with Crippen LogP contribution in [-0.2, 0) is 6.54 Å². The van der Waals surface area contributed by atoms with Gasteiger partial charge in [0.15, 0.2) is 11.5 Å². The zero-order chi connectivity index (χ0) is 20.2. The normalized spacial score (nSPS) is 12.1. The van der Waals surface area contributed by atoms with Gasteiger partial charge in [-0.05, 0) is 41.3 Å². The molecule has 148 valence electrons. The summed E-state index contributed by atoms with van der Waals surface area (Å²) in [6.07, 6.45) is 3.01. The van der Waals surface area contributed by atoms with E-state index < -0.39 is 0 Å². The minimum atomic E-state index is -0.289. The number of amides is 1. The third-order valence-electron chi connectivity index (χ3n) is 4.62. The second-order valence-corrected chi connectivity index (χ2v) is 7.06. The van der Waals surface area contributed by atoms with Crippen LogP contribution in [0.2, 0.25) is 0 Å². The number of hydrogen-bond acceptors (Lipinski definition) is 6. The Morgan fingerprint density at radius 2 is 1.83 bits per heavy atom. The van der Waals surface area contributed by atoms with Gasteiger partial charge in [-0.3, -0.25) is 4.79 Å². The van der Waals surface area contributed by atoms with E-state index in [-0.39, 0.29) is 18.4 Å². The summed E-state index contributed by atoms with van der Waals surface area (Å²) >= 11 is 0. The number of nitrogens with zero attached hydrogens (tertiary/aromatic N) is 2. The van der Waals surface area contributed by atoms with E-state index >= 15 is 0 Å². The predicted octanol–water partition coefficient (Wildman–Crippen LogP) is 4.00. The van der Waals surface area contributed by atoms with Gasteiger partial charge in [-0.1, -0.05) is 32.0 Å². The van der Waals surface area contributed by atoms with Gasteiger partial charge < -0.3 is 20.1 Å². The molecule has 0 saturated carbocycles. The van der Waals surface area contributed by atoms with Crippen LogP contribution < -0.4 is 20.1 Å². The van der Waals surface area contributed by atoms with Crippen molar-refractivity contribution in [3.8, 4) is 11.5 Å². The molecule has 0 atom stereocenters. The number of anilines is 2. The van der Waals surface area contributed by atoms with Gasteiger partial charge in [0.2, 0.25) is 6.79 Å². The summed E-state index contributed by atoms with van der Waals surface area (Å²) in [5.41, 5.74) is 3.37. The quantitative estimate of drug-likeness (QED) is 0.662. The number of rotatable bonds is 6. The van der Waals surface area contributed by atoms with Crippen molar-refractivity contribution >= 4 is 17.4 Å². The fourth-order valence-electron chi connectivity index (χ4n) is 2.93. The molecule has 1 amide bonds. The number of fused-ring (bicyclic) bond motifs is 1. The molecule has 4 rings (SSSR count). The molecular weight excluding hydrogens is 368 g/mol. The number of hydrogen-bond donors (Lipinski definition) is 2. The molecule has 2 heterocycles. The smallest absolute Gasteiger partial charge is 0.271 e. The summed E-state index contributed by atoms with van der Waals surface area (Å²) in [4.78, 5) is 20.8. The van der Waals surface area contributed by atoms with Crippen LogP contribution in [0.25, 0.3) is 0 Å². The molecule has 0 fully saturated rings. The lowest BCUT2D eigenvalue weighted by molar-refractivity contribution is 0.0945. The van der Waals surface area contributed by atoms with E-state index in [1.165, 1.54) is 11.8 Å². The molecule has 1 aromatic heterocycles. The van der Waals surface area contributed by atoms with Gasteiger partial charge in [0.1, 0.15) is 11.5 Å². The second-order valence-electron chi connectivity index (χ2n) is 7.06. The molecule has 0 saturated heterocycles. The Hall–Kier alpha value is -3.61. The highest BCUT2D eigenvalue weighted by molar-refractivity contribution is 5.92. The number of nitrogens with one attached hydrogen (secondary N) is 2. The lowest BCUT2D eigenvalue weighted by Gasteiger charge is -2.09. The number of aromatic nitrogens is 2. The highest BCUT2D eigenvalue weighted by atomic mass is 16.7. The van der Waals surface area contributed by atoms with E-state index in [1.54, 1.807) is 6.20 Å².